The first-order valence-corrected chi connectivity index (χ1v) is 7.39. The monoisotopic (exact) mass is 274 g/mol. The third-order valence-corrected chi connectivity index (χ3v) is 4.41. The molecule has 108 valence electrons. The van der Waals surface area contributed by atoms with E-state index in [-0.39, 0.29) is 17.6 Å². The van der Waals surface area contributed by atoms with E-state index in [1.54, 1.807) is 0 Å². The summed E-state index contributed by atoms with van der Waals surface area (Å²) in [4.78, 5) is 23.4. The number of carboxylic acid groups (broad SMARTS) is 1. The van der Waals surface area contributed by atoms with Gasteiger partial charge in [0.25, 0.3) is 0 Å². The summed E-state index contributed by atoms with van der Waals surface area (Å²) in [6.45, 7) is 2.08. The molecule has 0 amide bonds. The zero-order chi connectivity index (χ0) is 14.6. The van der Waals surface area contributed by atoms with E-state index in [9.17, 15) is 9.59 Å². The Morgan fingerprint density at radius 3 is 2.20 bits per heavy atom. The van der Waals surface area contributed by atoms with Crippen LogP contribution in [0.2, 0.25) is 0 Å². The second kappa shape index (κ2) is 6.21. The lowest BCUT2D eigenvalue weighted by Crippen LogP contribution is -2.24. The highest BCUT2D eigenvalue weighted by molar-refractivity contribution is 5.96. The van der Waals surface area contributed by atoms with Gasteiger partial charge in [-0.05, 0) is 30.2 Å². The minimum atomic E-state index is -0.791. The maximum absolute atomic E-state index is 12.4. The Bertz CT molecular complexity index is 481. The normalized spacial score (nSPS) is 17.1. The Hall–Kier alpha value is -1.64. The molecule has 0 unspecified atom stereocenters. The van der Waals surface area contributed by atoms with Crippen molar-refractivity contribution >= 4 is 11.8 Å². The molecule has 0 saturated heterocycles. The van der Waals surface area contributed by atoms with Crippen LogP contribution in [0.15, 0.2) is 24.3 Å². The van der Waals surface area contributed by atoms with Crippen LogP contribution in [-0.4, -0.2) is 16.9 Å². The third kappa shape index (κ3) is 3.47. The van der Waals surface area contributed by atoms with E-state index in [0.29, 0.717) is 12.0 Å². The Morgan fingerprint density at radius 2 is 1.70 bits per heavy atom. The molecule has 1 N–H and O–H groups in total. The average Bonchev–Trinajstić information content (AvgIpc) is 2.86. The van der Waals surface area contributed by atoms with Gasteiger partial charge >= 0.3 is 5.97 Å². The van der Waals surface area contributed by atoms with Crippen LogP contribution in [0.25, 0.3) is 0 Å². The van der Waals surface area contributed by atoms with Crippen LogP contribution in [0.4, 0.5) is 0 Å². The van der Waals surface area contributed by atoms with Crippen molar-refractivity contribution in [2.24, 2.45) is 5.41 Å². The molecule has 20 heavy (non-hydrogen) atoms. The fraction of sp³-hybridized carbons (Fsp3) is 0.529. The molecule has 3 heteroatoms. The van der Waals surface area contributed by atoms with E-state index in [1.807, 2.05) is 24.3 Å². The molecule has 0 radical (unpaired) electrons. The molecular weight excluding hydrogens is 252 g/mol. The molecule has 1 aliphatic carbocycles. The molecule has 1 saturated carbocycles. The van der Waals surface area contributed by atoms with Crippen molar-refractivity contribution in [3.05, 3.63) is 35.4 Å². The van der Waals surface area contributed by atoms with Crippen LogP contribution in [0.1, 0.15) is 61.4 Å². The summed E-state index contributed by atoms with van der Waals surface area (Å²) in [7, 11) is 0. The summed E-state index contributed by atoms with van der Waals surface area (Å²) in [6.07, 6.45) is 5.23. The number of rotatable bonds is 6. The fourth-order valence-electron chi connectivity index (χ4n) is 3.23. The van der Waals surface area contributed by atoms with Crippen molar-refractivity contribution in [2.45, 2.75) is 51.9 Å². The van der Waals surface area contributed by atoms with Crippen LogP contribution in [0, 0.1) is 5.41 Å². The van der Waals surface area contributed by atoms with Crippen molar-refractivity contribution in [3.63, 3.8) is 0 Å². The molecular formula is C17H22O3. The molecule has 2 rings (SSSR count). The summed E-state index contributed by atoms with van der Waals surface area (Å²) >= 11 is 0. The van der Waals surface area contributed by atoms with Gasteiger partial charge in [0.2, 0.25) is 0 Å². The lowest BCUT2D eigenvalue weighted by atomic mass is 9.77. The summed E-state index contributed by atoms with van der Waals surface area (Å²) < 4.78 is 0. The molecule has 0 bridgehead atoms. The predicted octanol–water partition coefficient (Wildman–Crippen LogP) is 3.86. The topological polar surface area (TPSA) is 54.4 Å². The first-order valence-electron chi connectivity index (χ1n) is 7.39. The maximum atomic E-state index is 12.4. The molecule has 0 heterocycles. The molecule has 0 atom stereocenters. The minimum absolute atomic E-state index is 0.0794. The van der Waals surface area contributed by atoms with E-state index in [4.69, 9.17) is 5.11 Å². The van der Waals surface area contributed by atoms with Gasteiger partial charge < -0.3 is 5.11 Å². The second-order valence-electron chi connectivity index (χ2n) is 5.93. The smallest absolute Gasteiger partial charge is 0.303 e. The molecule has 0 aromatic heterocycles. The van der Waals surface area contributed by atoms with Crippen LogP contribution in [0.3, 0.4) is 0 Å². The van der Waals surface area contributed by atoms with Crippen LogP contribution in [0.5, 0.6) is 0 Å². The van der Waals surface area contributed by atoms with Crippen molar-refractivity contribution in [1.82, 2.24) is 0 Å². The van der Waals surface area contributed by atoms with Crippen molar-refractivity contribution < 1.29 is 14.7 Å². The average molecular weight is 274 g/mol. The summed E-state index contributed by atoms with van der Waals surface area (Å²) in [5.74, 6) is -0.711. The number of aliphatic carboxylic acids is 1. The number of hydrogen-bond donors (Lipinski definition) is 1. The maximum Gasteiger partial charge on any atom is 0.303 e. The predicted molar refractivity (Wildman–Crippen MR) is 77.9 cm³/mol. The van der Waals surface area contributed by atoms with Gasteiger partial charge in [-0.1, -0.05) is 44.0 Å². The Balaban J connectivity index is 2.09. The number of aryl methyl sites for hydroxylation is 1. The van der Waals surface area contributed by atoms with Gasteiger partial charge in [0.05, 0.1) is 6.42 Å². The lowest BCUT2D eigenvalue weighted by Gasteiger charge is -2.26. The van der Waals surface area contributed by atoms with Crippen molar-refractivity contribution in [3.8, 4) is 0 Å². The van der Waals surface area contributed by atoms with E-state index in [0.717, 1.165) is 32.1 Å². The number of carbonyl (C=O) groups excluding carboxylic acids is 1. The number of hydrogen-bond acceptors (Lipinski definition) is 2. The molecule has 1 aromatic rings. The van der Waals surface area contributed by atoms with Gasteiger partial charge in [-0.2, -0.15) is 0 Å². The Labute approximate surface area is 120 Å². The number of carboxylic acids is 1. The van der Waals surface area contributed by atoms with Gasteiger partial charge in [-0.25, -0.2) is 0 Å². The second-order valence-corrected chi connectivity index (χ2v) is 5.93. The zero-order valence-corrected chi connectivity index (χ0v) is 12.0. The molecule has 3 nitrogen and oxygen atoms in total. The molecule has 0 spiro atoms. The summed E-state index contributed by atoms with van der Waals surface area (Å²) in [5.41, 5.74) is 1.60. The molecule has 0 aliphatic heterocycles. The van der Waals surface area contributed by atoms with Gasteiger partial charge in [0.15, 0.2) is 5.78 Å². The largest absolute Gasteiger partial charge is 0.481 e. The molecule has 1 fully saturated rings. The third-order valence-electron chi connectivity index (χ3n) is 4.41. The quantitative estimate of drug-likeness (QED) is 0.801. The summed E-state index contributed by atoms with van der Waals surface area (Å²) in [6, 6.07) is 7.69. The first-order chi connectivity index (χ1) is 9.54. The molecule has 1 aliphatic rings. The summed E-state index contributed by atoms with van der Waals surface area (Å²) in [5, 5.41) is 9.08. The van der Waals surface area contributed by atoms with Crippen molar-refractivity contribution in [1.29, 1.82) is 0 Å². The van der Waals surface area contributed by atoms with Crippen LogP contribution in [-0.2, 0) is 11.2 Å². The first kappa shape index (κ1) is 14.8. The SMILES string of the molecule is CCc1ccc(C(=O)CC2(CC(=O)O)CCCC2)cc1. The highest BCUT2D eigenvalue weighted by Gasteiger charge is 2.38. The van der Waals surface area contributed by atoms with Gasteiger partial charge in [0.1, 0.15) is 0 Å². The van der Waals surface area contributed by atoms with Gasteiger partial charge in [0, 0.05) is 12.0 Å². The van der Waals surface area contributed by atoms with E-state index in [2.05, 4.69) is 6.92 Å². The molecule has 1 aromatic carbocycles. The fourth-order valence-corrected chi connectivity index (χ4v) is 3.23. The highest BCUT2D eigenvalue weighted by Crippen LogP contribution is 2.44. The van der Waals surface area contributed by atoms with E-state index in [1.165, 1.54) is 5.56 Å². The Morgan fingerprint density at radius 1 is 1.10 bits per heavy atom. The van der Waals surface area contributed by atoms with Crippen molar-refractivity contribution in [2.75, 3.05) is 0 Å². The van der Waals surface area contributed by atoms with Crippen LogP contribution >= 0.6 is 0 Å². The van der Waals surface area contributed by atoms with E-state index >= 15 is 0 Å². The minimum Gasteiger partial charge on any atom is -0.481 e. The standard InChI is InChI=1S/C17H22O3/c1-2-13-5-7-14(8-6-13)15(18)11-17(12-16(19)20)9-3-4-10-17/h5-8H,2-4,9-12H2,1H3,(H,19,20). The van der Waals surface area contributed by atoms with Gasteiger partial charge in [-0.3, -0.25) is 9.59 Å². The number of ketones is 1. The lowest BCUT2D eigenvalue weighted by molar-refractivity contribution is -0.139. The zero-order valence-electron chi connectivity index (χ0n) is 12.0. The van der Waals surface area contributed by atoms with E-state index < -0.39 is 5.97 Å². The van der Waals surface area contributed by atoms with Crippen LogP contribution < -0.4 is 0 Å². The number of Topliss-reactive ketones (excluding diaryl/α,β-unsaturated/α-hetero) is 1. The van der Waals surface area contributed by atoms with Gasteiger partial charge in [-0.15, -0.1) is 0 Å². The number of benzene rings is 1. The number of carbonyl (C=O) groups is 2. The Kier molecular flexibility index (Phi) is 4.58. The highest BCUT2D eigenvalue weighted by atomic mass is 16.4.